The third-order valence-electron chi connectivity index (χ3n) is 4.32. The lowest BCUT2D eigenvalue weighted by molar-refractivity contribution is -0.134. The van der Waals surface area contributed by atoms with Crippen LogP contribution in [0, 0.1) is 5.92 Å². The van der Waals surface area contributed by atoms with Gasteiger partial charge in [0, 0.05) is 19.5 Å². The molecule has 7 heteroatoms. The zero-order valence-corrected chi connectivity index (χ0v) is 14.6. The van der Waals surface area contributed by atoms with E-state index in [9.17, 15) is 14.4 Å². The molecule has 0 saturated carbocycles. The number of carboxylic acid groups (broad SMARTS) is 1. The van der Waals surface area contributed by atoms with Gasteiger partial charge < -0.3 is 20.1 Å². The first-order valence-electron chi connectivity index (χ1n) is 8.46. The van der Waals surface area contributed by atoms with Crippen LogP contribution >= 0.6 is 0 Å². The minimum absolute atomic E-state index is 0.0865. The molecule has 0 radical (unpaired) electrons. The van der Waals surface area contributed by atoms with Crippen LogP contribution in [0.1, 0.15) is 43.0 Å². The van der Waals surface area contributed by atoms with Gasteiger partial charge in [-0.25, -0.2) is 4.79 Å². The zero-order valence-electron chi connectivity index (χ0n) is 14.6. The van der Waals surface area contributed by atoms with Gasteiger partial charge in [0.1, 0.15) is 5.75 Å². The van der Waals surface area contributed by atoms with Crippen LogP contribution in [0.15, 0.2) is 18.2 Å². The lowest BCUT2D eigenvalue weighted by Crippen LogP contribution is -2.43. The number of nitrogens with one attached hydrogen (secondary N) is 1. The Bertz CT molecular complexity index is 659. The number of likely N-dealkylation sites (tertiary alicyclic amines) is 1. The largest absolute Gasteiger partial charge is 0.495 e. The van der Waals surface area contributed by atoms with Gasteiger partial charge in [-0.2, -0.15) is 0 Å². The van der Waals surface area contributed by atoms with Crippen molar-refractivity contribution in [1.29, 1.82) is 0 Å². The molecule has 1 atom stereocenters. The van der Waals surface area contributed by atoms with Crippen LogP contribution in [0.3, 0.4) is 0 Å². The van der Waals surface area contributed by atoms with Crippen LogP contribution in [0.4, 0.5) is 5.69 Å². The second-order valence-corrected chi connectivity index (χ2v) is 6.14. The standard InChI is InChI=1S/C18H24N2O5/c1-3-5-16(21)20-9-4-6-13(11-20)17(22)19-14-8-7-12(18(23)24)10-15(14)25-2/h7-8,10,13H,3-6,9,11H2,1-2H3,(H,19,22)(H,23,24). The van der Waals surface area contributed by atoms with Gasteiger partial charge in [-0.15, -0.1) is 0 Å². The minimum atomic E-state index is -1.06. The highest BCUT2D eigenvalue weighted by Crippen LogP contribution is 2.27. The summed E-state index contributed by atoms with van der Waals surface area (Å²) in [6.45, 7) is 3.07. The maximum Gasteiger partial charge on any atom is 0.335 e. The Kier molecular flexibility index (Phi) is 6.38. The number of amides is 2. The first kappa shape index (κ1) is 18.8. The van der Waals surface area contributed by atoms with Crippen LogP contribution < -0.4 is 10.1 Å². The number of rotatable bonds is 6. The van der Waals surface area contributed by atoms with Gasteiger partial charge in [0.15, 0.2) is 0 Å². The van der Waals surface area contributed by atoms with Crippen LogP contribution in [-0.4, -0.2) is 48.0 Å². The molecule has 0 aliphatic carbocycles. The van der Waals surface area contributed by atoms with Crippen molar-refractivity contribution in [3.8, 4) is 5.75 Å². The molecule has 2 N–H and O–H groups in total. The first-order valence-corrected chi connectivity index (χ1v) is 8.46. The second-order valence-electron chi connectivity index (χ2n) is 6.14. The average molecular weight is 348 g/mol. The summed E-state index contributed by atoms with van der Waals surface area (Å²) in [6, 6.07) is 4.30. The van der Waals surface area contributed by atoms with Gasteiger partial charge in [-0.05, 0) is 37.5 Å². The predicted octanol–water partition coefficient (Wildman–Crippen LogP) is 2.37. The Hall–Kier alpha value is -2.57. The molecule has 1 aromatic rings. The summed E-state index contributed by atoms with van der Waals surface area (Å²) in [6.07, 6.45) is 2.80. The molecule has 1 aliphatic heterocycles. The van der Waals surface area contributed by atoms with E-state index in [0.717, 1.165) is 19.3 Å². The molecule has 1 fully saturated rings. The molecule has 0 bridgehead atoms. The van der Waals surface area contributed by atoms with Gasteiger partial charge >= 0.3 is 5.97 Å². The number of carboxylic acids is 1. The number of anilines is 1. The Morgan fingerprint density at radius 1 is 1.36 bits per heavy atom. The normalized spacial score (nSPS) is 17.0. The Labute approximate surface area is 147 Å². The van der Waals surface area contributed by atoms with E-state index in [1.165, 1.54) is 25.3 Å². The Morgan fingerprint density at radius 2 is 2.12 bits per heavy atom. The van der Waals surface area contributed by atoms with E-state index >= 15 is 0 Å². The summed E-state index contributed by atoms with van der Waals surface area (Å²) in [5.41, 5.74) is 0.512. The van der Waals surface area contributed by atoms with E-state index in [0.29, 0.717) is 30.9 Å². The Balaban J connectivity index is 2.06. The molecule has 136 valence electrons. The van der Waals surface area contributed by atoms with Crippen LogP contribution in [0.25, 0.3) is 0 Å². The second kappa shape index (κ2) is 8.50. The van der Waals surface area contributed by atoms with Gasteiger partial charge in [0.25, 0.3) is 0 Å². The fraction of sp³-hybridized carbons (Fsp3) is 0.500. The highest BCUT2D eigenvalue weighted by molar-refractivity contribution is 5.96. The van der Waals surface area contributed by atoms with Crippen molar-refractivity contribution in [1.82, 2.24) is 4.90 Å². The molecule has 0 spiro atoms. The number of nitrogens with zero attached hydrogens (tertiary/aromatic N) is 1. The molecule has 7 nitrogen and oxygen atoms in total. The number of piperidine rings is 1. The third-order valence-corrected chi connectivity index (χ3v) is 4.32. The quantitative estimate of drug-likeness (QED) is 0.823. The van der Waals surface area contributed by atoms with E-state index in [1.54, 1.807) is 4.90 Å². The van der Waals surface area contributed by atoms with Crippen LogP contribution in [0.2, 0.25) is 0 Å². The van der Waals surface area contributed by atoms with E-state index < -0.39 is 5.97 Å². The first-order chi connectivity index (χ1) is 12.0. The average Bonchev–Trinajstić information content (AvgIpc) is 2.62. The molecule has 1 unspecified atom stereocenters. The third kappa shape index (κ3) is 4.71. The van der Waals surface area contributed by atoms with Gasteiger partial charge in [0.2, 0.25) is 11.8 Å². The number of benzene rings is 1. The highest BCUT2D eigenvalue weighted by Gasteiger charge is 2.28. The summed E-state index contributed by atoms with van der Waals surface area (Å²) in [7, 11) is 1.42. The summed E-state index contributed by atoms with van der Waals surface area (Å²) in [5, 5.41) is 11.8. The minimum Gasteiger partial charge on any atom is -0.495 e. The van der Waals surface area contributed by atoms with Crippen LogP contribution in [0.5, 0.6) is 5.75 Å². The smallest absolute Gasteiger partial charge is 0.335 e. The van der Waals surface area contributed by atoms with Crippen LogP contribution in [-0.2, 0) is 9.59 Å². The molecule has 1 aromatic carbocycles. The van der Waals surface area contributed by atoms with Crippen molar-refractivity contribution in [2.24, 2.45) is 5.92 Å². The molecule has 2 rings (SSSR count). The molecule has 1 aliphatic rings. The van der Waals surface area contributed by atoms with Crippen molar-refractivity contribution >= 4 is 23.5 Å². The van der Waals surface area contributed by atoms with Crippen molar-refractivity contribution < 1.29 is 24.2 Å². The van der Waals surface area contributed by atoms with E-state index in [2.05, 4.69) is 5.32 Å². The molecule has 0 aromatic heterocycles. The molecular formula is C18H24N2O5. The lowest BCUT2D eigenvalue weighted by Gasteiger charge is -2.32. The van der Waals surface area contributed by atoms with E-state index in [1.807, 2.05) is 6.92 Å². The maximum atomic E-state index is 12.6. The number of aromatic carboxylic acids is 1. The van der Waals surface area contributed by atoms with Gasteiger partial charge in [-0.3, -0.25) is 9.59 Å². The van der Waals surface area contributed by atoms with E-state index in [-0.39, 0.29) is 23.3 Å². The molecule has 25 heavy (non-hydrogen) atoms. The SMILES string of the molecule is CCCC(=O)N1CCCC(C(=O)Nc2ccc(C(=O)O)cc2OC)C1. The fourth-order valence-electron chi connectivity index (χ4n) is 2.95. The highest BCUT2D eigenvalue weighted by atomic mass is 16.5. The van der Waals surface area contributed by atoms with Crippen molar-refractivity contribution in [3.05, 3.63) is 23.8 Å². The molecule has 1 saturated heterocycles. The lowest BCUT2D eigenvalue weighted by atomic mass is 9.96. The zero-order chi connectivity index (χ0) is 18.4. The summed E-state index contributed by atoms with van der Waals surface area (Å²) < 4.78 is 5.17. The summed E-state index contributed by atoms with van der Waals surface area (Å²) in [5.74, 6) is -1.14. The predicted molar refractivity (Wildman–Crippen MR) is 92.8 cm³/mol. The molecular weight excluding hydrogens is 324 g/mol. The van der Waals surface area contributed by atoms with Gasteiger partial charge in [0.05, 0.1) is 24.3 Å². The molecule has 2 amide bonds. The molecule has 1 heterocycles. The monoisotopic (exact) mass is 348 g/mol. The fourth-order valence-corrected chi connectivity index (χ4v) is 2.95. The van der Waals surface area contributed by atoms with Crippen molar-refractivity contribution in [3.63, 3.8) is 0 Å². The number of methoxy groups -OCH3 is 1. The summed E-state index contributed by atoms with van der Waals surface area (Å²) >= 11 is 0. The number of carbonyl (C=O) groups excluding carboxylic acids is 2. The topological polar surface area (TPSA) is 95.9 Å². The number of carbonyl (C=O) groups is 3. The number of ether oxygens (including phenoxy) is 1. The van der Waals surface area contributed by atoms with E-state index in [4.69, 9.17) is 9.84 Å². The number of hydrogen-bond donors (Lipinski definition) is 2. The maximum absolute atomic E-state index is 12.6. The van der Waals surface area contributed by atoms with Gasteiger partial charge in [-0.1, -0.05) is 6.92 Å². The Morgan fingerprint density at radius 3 is 2.76 bits per heavy atom. The summed E-state index contributed by atoms with van der Waals surface area (Å²) in [4.78, 5) is 37.4. The van der Waals surface area contributed by atoms with Crippen molar-refractivity contribution in [2.75, 3.05) is 25.5 Å². The van der Waals surface area contributed by atoms with Crippen molar-refractivity contribution in [2.45, 2.75) is 32.6 Å². The number of hydrogen-bond acceptors (Lipinski definition) is 4.